The lowest BCUT2D eigenvalue weighted by Gasteiger charge is -2.40. The number of nitrogens with zero attached hydrogens (tertiary/aromatic N) is 1. The van der Waals surface area contributed by atoms with E-state index in [1.54, 1.807) is 4.90 Å². The van der Waals surface area contributed by atoms with Crippen LogP contribution >= 0.6 is 0 Å². The van der Waals surface area contributed by atoms with E-state index in [4.69, 9.17) is 5.11 Å². The smallest absolute Gasteiger partial charge is 0.315 e. The summed E-state index contributed by atoms with van der Waals surface area (Å²) in [6.07, 6.45) is 2.41. The van der Waals surface area contributed by atoms with Gasteiger partial charge < -0.3 is 20.6 Å². The minimum atomic E-state index is -0.944. The van der Waals surface area contributed by atoms with Gasteiger partial charge in [0.2, 0.25) is 5.91 Å². The van der Waals surface area contributed by atoms with Crippen molar-refractivity contribution in [2.75, 3.05) is 13.1 Å². The molecule has 0 bridgehead atoms. The first-order valence-corrected chi connectivity index (χ1v) is 9.97. The summed E-state index contributed by atoms with van der Waals surface area (Å²) >= 11 is 0. The molecule has 2 aliphatic rings. The molecule has 7 heteroatoms. The summed E-state index contributed by atoms with van der Waals surface area (Å²) in [5.74, 6) is -1.03. The number of amides is 3. The van der Waals surface area contributed by atoms with Crippen molar-refractivity contribution in [3.05, 3.63) is 35.4 Å². The third-order valence-electron chi connectivity index (χ3n) is 5.85. The Bertz CT molecular complexity index is 754. The van der Waals surface area contributed by atoms with Gasteiger partial charge in [-0.1, -0.05) is 24.3 Å². The summed E-state index contributed by atoms with van der Waals surface area (Å²) < 4.78 is 0. The quantitative estimate of drug-likeness (QED) is 0.723. The van der Waals surface area contributed by atoms with Crippen LogP contribution in [0.3, 0.4) is 0 Å². The Balaban J connectivity index is 1.69. The first-order valence-electron chi connectivity index (χ1n) is 9.97. The fourth-order valence-corrected chi connectivity index (χ4v) is 4.51. The molecular formula is C21H29N3O4. The number of carbonyl (C=O) groups excluding carboxylic acids is 2. The highest BCUT2D eigenvalue weighted by Gasteiger charge is 2.46. The predicted molar refractivity (Wildman–Crippen MR) is 105 cm³/mol. The SMILES string of the molecule is CC(C)NC(=O)NC1CC2(CCN(C(=O)CCC(=O)O)CC2)c2ccccc21. The third kappa shape index (κ3) is 4.29. The molecule has 7 nitrogen and oxygen atoms in total. The van der Waals surface area contributed by atoms with Crippen LogP contribution in [0.4, 0.5) is 4.79 Å². The van der Waals surface area contributed by atoms with Crippen molar-refractivity contribution in [2.45, 2.75) is 63.5 Å². The molecule has 1 fully saturated rings. The van der Waals surface area contributed by atoms with E-state index in [0.717, 1.165) is 24.8 Å². The second-order valence-electron chi connectivity index (χ2n) is 8.17. The third-order valence-corrected chi connectivity index (χ3v) is 5.85. The molecule has 1 spiro atoms. The molecule has 1 aromatic carbocycles. The van der Waals surface area contributed by atoms with Gasteiger partial charge in [0.1, 0.15) is 0 Å². The number of carboxylic acid groups (broad SMARTS) is 1. The van der Waals surface area contributed by atoms with Crippen molar-refractivity contribution >= 4 is 17.9 Å². The van der Waals surface area contributed by atoms with E-state index in [1.165, 1.54) is 5.56 Å². The topological polar surface area (TPSA) is 98.7 Å². The molecule has 152 valence electrons. The van der Waals surface area contributed by atoms with Gasteiger partial charge in [0.15, 0.2) is 0 Å². The number of rotatable bonds is 5. The maximum absolute atomic E-state index is 12.3. The number of hydrogen-bond acceptors (Lipinski definition) is 3. The number of fused-ring (bicyclic) bond motifs is 2. The highest BCUT2D eigenvalue weighted by Crippen LogP contribution is 2.50. The molecule has 0 aromatic heterocycles. The number of likely N-dealkylation sites (tertiary alicyclic amines) is 1. The van der Waals surface area contributed by atoms with Crippen LogP contribution in [0.2, 0.25) is 0 Å². The molecule has 1 heterocycles. The molecule has 1 unspecified atom stereocenters. The van der Waals surface area contributed by atoms with E-state index in [9.17, 15) is 14.4 Å². The number of urea groups is 1. The number of nitrogens with one attached hydrogen (secondary N) is 2. The molecule has 1 aromatic rings. The fourth-order valence-electron chi connectivity index (χ4n) is 4.51. The Morgan fingerprint density at radius 1 is 1.18 bits per heavy atom. The van der Waals surface area contributed by atoms with Crippen molar-refractivity contribution in [1.82, 2.24) is 15.5 Å². The zero-order valence-electron chi connectivity index (χ0n) is 16.5. The number of carboxylic acids is 1. The first kappa shape index (κ1) is 20.2. The number of benzene rings is 1. The Kier molecular flexibility index (Phi) is 5.91. The molecule has 3 amide bonds. The van der Waals surface area contributed by atoms with Gasteiger partial charge in [-0.2, -0.15) is 0 Å². The zero-order valence-corrected chi connectivity index (χ0v) is 16.5. The summed E-state index contributed by atoms with van der Waals surface area (Å²) in [6, 6.07) is 8.12. The lowest BCUT2D eigenvalue weighted by Crippen LogP contribution is -2.45. The Hall–Kier alpha value is -2.57. The molecule has 1 aliphatic carbocycles. The lowest BCUT2D eigenvalue weighted by molar-refractivity contribution is -0.141. The zero-order chi connectivity index (χ0) is 20.3. The number of piperidine rings is 1. The number of hydrogen-bond donors (Lipinski definition) is 3. The Morgan fingerprint density at radius 2 is 1.86 bits per heavy atom. The van der Waals surface area contributed by atoms with Crippen molar-refractivity contribution < 1.29 is 19.5 Å². The molecule has 28 heavy (non-hydrogen) atoms. The van der Waals surface area contributed by atoms with Gasteiger partial charge in [-0.15, -0.1) is 0 Å². The van der Waals surface area contributed by atoms with Crippen LogP contribution in [-0.4, -0.2) is 47.0 Å². The second-order valence-corrected chi connectivity index (χ2v) is 8.17. The lowest BCUT2D eigenvalue weighted by atomic mass is 9.73. The van der Waals surface area contributed by atoms with Crippen molar-refractivity contribution in [1.29, 1.82) is 0 Å². The van der Waals surface area contributed by atoms with Crippen LogP contribution in [0.15, 0.2) is 24.3 Å². The average Bonchev–Trinajstić information content (AvgIpc) is 2.93. The second kappa shape index (κ2) is 8.20. The van der Waals surface area contributed by atoms with E-state index in [1.807, 2.05) is 26.0 Å². The number of aliphatic carboxylic acids is 1. The van der Waals surface area contributed by atoms with Gasteiger partial charge in [0, 0.05) is 31.0 Å². The largest absolute Gasteiger partial charge is 0.481 e. The van der Waals surface area contributed by atoms with Gasteiger partial charge >= 0.3 is 12.0 Å². The molecule has 0 radical (unpaired) electrons. The monoisotopic (exact) mass is 387 g/mol. The van der Waals surface area contributed by atoms with Crippen molar-refractivity contribution in [3.8, 4) is 0 Å². The van der Waals surface area contributed by atoms with Crippen LogP contribution in [0.5, 0.6) is 0 Å². The van der Waals surface area contributed by atoms with Gasteiger partial charge in [0.05, 0.1) is 12.5 Å². The minimum Gasteiger partial charge on any atom is -0.481 e. The Labute approximate surface area is 165 Å². The maximum Gasteiger partial charge on any atom is 0.315 e. The summed E-state index contributed by atoms with van der Waals surface area (Å²) in [4.78, 5) is 37.0. The molecular weight excluding hydrogens is 358 g/mol. The first-order chi connectivity index (χ1) is 13.3. The van der Waals surface area contributed by atoms with Crippen LogP contribution in [-0.2, 0) is 15.0 Å². The average molecular weight is 387 g/mol. The fraction of sp³-hybridized carbons (Fsp3) is 0.571. The van der Waals surface area contributed by atoms with Crippen LogP contribution < -0.4 is 10.6 Å². The summed E-state index contributed by atoms with van der Waals surface area (Å²) in [6.45, 7) is 5.11. The van der Waals surface area contributed by atoms with Gasteiger partial charge in [0.25, 0.3) is 0 Å². The molecule has 1 saturated heterocycles. The van der Waals surface area contributed by atoms with Crippen molar-refractivity contribution in [2.24, 2.45) is 0 Å². The highest BCUT2D eigenvalue weighted by molar-refractivity contribution is 5.81. The van der Waals surface area contributed by atoms with Crippen molar-refractivity contribution in [3.63, 3.8) is 0 Å². The van der Waals surface area contributed by atoms with Crippen LogP contribution in [0.1, 0.15) is 63.1 Å². The van der Waals surface area contributed by atoms with E-state index in [-0.39, 0.29) is 42.3 Å². The number of carbonyl (C=O) groups is 3. The van der Waals surface area contributed by atoms with E-state index < -0.39 is 5.97 Å². The molecule has 3 rings (SSSR count). The van der Waals surface area contributed by atoms with Crippen LogP contribution in [0.25, 0.3) is 0 Å². The summed E-state index contributed by atoms with van der Waals surface area (Å²) in [7, 11) is 0. The molecule has 0 saturated carbocycles. The maximum atomic E-state index is 12.3. The van der Waals surface area contributed by atoms with Gasteiger partial charge in [-0.3, -0.25) is 9.59 Å². The highest BCUT2D eigenvalue weighted by atomic mass is 16.4. The Morgan fingerprint density at radius 3 is 2.50 bits per heavy atom. The van der Waals surface area contributed by atoms with Gasteiger partial charge in [-0.25, -0.2) is 4.79 Å². The normalized spacial score (nSPS) is 20.1. The predicted octanol–water partition coefficient (Wildman–Crippen LogP) is 2.56. The summed E-state index contributed by atoms with van der Waals surface area (Å²) in [5.41, 5.74) is 2.38. The van der Waals surface area contributed by atoms with E-state index >= 15 is 0 Å². The molecule has 1 aliphatic heterocycles. The van der Waals surface area contributed by atoms with E-state index in [2.05, 4.69) is 22.8 Å². The van der Waals surface area contributed by atoms with E-state index in [0.29, 0.717) is 13.1 Å². The van der Waals surface area contributed by atoms with Crippen LogP contribution in [0, 0.1) is 0 Å². The standard InChI is InChI=1S/C21H29N3O4/c1-14(2)22-20(28)23-17-13-21(16-6-4-3-5-15(16)17)9-11-24(12-10-21)18(25)7-8-19(26)27/h3-6,14,17H,7-13H2,1-2H3,(H,26,27)(H2,22,23,28). The molecule has 3 N–H and O–H groups in total. The summed E-state index contributed by atoms with van der Waals surface area (Å²) in [5, 5.41) is 14.8. The molecule has 1 atom stereocenters. The minimum absolute atomic E-state index is 0.0378. The van der Waals surface area contributed by atoms with Gasteiger partial charge in [-0.05, 0) is 44.2 Å².